The zero-order valence-electron chi connectivity index (χ0n) is 16.1. The predicted octanol–water partition coefficient (Wildman–Crippen LogP) is 3.91. The second kappa shape index (κ2) is 7.97. The number of nitrogens with zero attached hydrogens (tertiary/aromatic N) is 2. The number of halogens is 3. The van der Waals surface area contributed by atoms with Crippen LogP contribution in [-0.2, 0) is 23.0 Å². The van der Waals surface area contributed by atoms with Crippen LogP contribution in [-0.4, -0.2) is 49.3 Å². The Kier molecular flexibility index (Phi) is 5.67. The smallest absolute Gasteiger partial charge is 0.337 e. The molecule has 1 saturated heterocycles. The maximum absolute atomic E-state index is 13.3. The van der Waals surface area contributed by atoms with E-state index >= 15 is 0 Å². The van der Waals surface area contributed by atoms with Crippen LogP contribution in [0.1, 0.15) is 33.6 Å². The van der Waals surface area contributed by atoms with Gasteiger partial charge in [0.15, 0.2) is 0 Å². The summed E-state index contributed by atoms with van der Waals surface area (Å²) in [6.07, 6.45) is -3.57. The summed E-state index contributed by atoms with van der Waals surface area (Å²) in [5.41, 5.74) is 2.01. The van der Waals surface area contributed by atoms with E-state index in [4.69, 9.17) is 0 Å². The summed E-state index contributed by atoms with van der Waals surface area (Å²) in [6, 6.07) is 8.97. The Balaban J connectivity index is 1.58. The van der Waals surface area contributed by atoms with Gasteiger partial charge in [0.25, 0.3) is 5.91 Å². The van der Waals surface area contributed by atoms with Gasteiger partial charge in [-0.05, 0) is 41.8 Å². The lowest BCUT2D eigenvalue weighted by molar-refractivity contribution is -0.184. The number of benzene rings is 1. The molecule has 1 unspecified atom stereocenters. The van der Waals surface area contributed by atoms with E-state index in [2.05, 4.69) is 0 Å². The van der Waals surface area contributed by atoms with Crippen LogP contribution in [0.3, 0.4) is 0 Å². The molecule has 0 aliphatic carbocycles. The van der Waals surface area contributed by atoms with Crippen molar-refractivity contribution in [2.24, 2.45) is 5.92 Å². The van der Waals surface area contributed by atoms with Gasteiger partial charge in [-0.15, -0.1) is 11.3 Å². The molecule has 2 aromatic rings. The molecule has 1 amide bonds. The average Bonchev–Trinajstić information content (AvgIpc) is 3.23. The molecule has 1 aromatic heterocycles. The Labute approximate surface area is 177 Å². The molecule has 0 radical (unpaired) electrons. The third-order valence-electron chi connectivity index (χ3n) is 5.71. The zero-order chi connectivity index (χ0) is 21.5. The molecule has 162 valence electrons. The topological polar surface area (TPSA) is 57.7 Å². The number of rotatable bonds is 3. The van der Waals surface area contributed by atoms with Crippen molar-refractivity contribution in [1.82, 2.24) is 9.21 Å². The van der Waals surface area contributed by atoms with Gasteiger partial charge in [-0.1, -0.05) is 24.3 Å². The van der Waals surface area contributed by atoms with Crippen molar-refractivity contribution in [1.29, 1.82) is 0 Å². The molecule has 2 aliphatic rings. The van der Waals surface area contributed by atoms with Crippen molar-refractivity contribution in [2.75, 3.05) is 19.6 Å². The van der Waals surface area contributed by atoms with Crippen molar-refractivity contribution in [2.45, 2.75) is 36.9 Å². The number of hydrogen-bond donors (Lipinski definition) is 0. The molecule has 4 rings (SSSR count). The highest BCUT2D eigenvalue weighted by Gasteiger charge is 2.43. The molecule has 1 atom stereocenters. The lowest BCUT2D eigenvalue weighted by Crippen LogP contribution is -2.45. The van der Waals surface area contributed by atoms with Crippen LogP contribution in [0, 0.1) is 5.92 Å². The standard InChI is InChI=1S/C20H21F3N2O3S2/c21-20(22,23)16-6-3-9-24(13-16)19(26)18-17(8-11-29-18)30(27,28)25-10-7-14-4-1-2-5-15(14)12-25/h1-2,4-5,8,11,16H,3,6-7,9-10,12-13H2. The zero-order valence-corrected chi connectivity index (χ0v) is 17.7. The second-order valence-electron chi connectivity index (χ2n) is 7.60. The van der Waals surface area contributed by atoms with Crippen molar-refractivity contribution < 1.29 is 26.4 Å². The number of alkyl halides is 3. The quantitative estimate of drug-likeness (QED) is 0.701. The predicted molar refractivity (Wildman–Crippen MR) is 107 cm³/mol. The maximum Gasteiger partial charge on any atom is 0.393 e. The minimum atomic E-state index is -4.37. The van der Waals surface area contributed by atoms with E-state index in [1.807, 2.05) is 24.3 Å². The number of fused-ring (bicyclic) bond motifs is 1. The van der Waals surface area contributed by atoms with Crippen LogP contribution in [0.5, 0.6) is 0 Å². The van der Waals surface area contributed by atoms with Crippen molar-refractivity contribution >= 4 is 27.3 Å². The van der Waals surface area contributed by atoms with Crippen LogP contribution >= 0.6 is 11.3 Å². The van der Waals surface area contributed by atoms with E-state index in [9.17, 15) is 26.4 Å². The number of sulfonamides is 1. The molecule has 10 heteroatoms. The van der Waals surface area contributed by atoms with E-state index in [1.165, 1.54) is 15.8 Å². The Morgan fingerprint density at radius 2 is 1.83 bits per heavy atom. The summed E-state index contributed by atoms with van der Waals surface area (Å²) in [6.45, 7) is 0.265. The first-order valence-corrected chi connectivity index (χ1v) is 12.0. The number of carbonyl (C=O) groups excluding carboxylic acids is 1. The van der Waals surface area contributed by atoms with E-state index < -0.39 is 34.6 Å². The largest absolute Gasteiger partial charge is 0.393 e. The summed E-state index contributed by atoms with van der Waals surface area (Å²) in [4.78, 5) is 14.0. The number of piperidine rings is 1. The summed E-state index contributed by atoms with van der Waals surface area (Å²) in [5, 5.41) is 1.50. The molecular weight excluding hydrogens is 437 g/mol. The van der Waals surface area contributed by atoms with E-state index in [0.29, 0.717) is 13.0 Å². The number of likely N-dealkylation sites (tertiary alicyclic amines) is 1. The highest BCUT2D eigenvalue weighted by molar-refractivity contribution is 7.89. The summed E-state index contributed by atoms with van der Waals surface area (Å²) in [5.74, 6) is -2.22. The number of carbonyl (C=O) groups is 1. The highest BCUT2D eigenvalue weighted by atomic mass is 32.2. The van der Waals surface area contributed by atoms with Crippen LogP contribution in [0.25, 0.3) is 0 Å². The maximum atomic E-state index is 13.3. The SMILES string of the molecule is O=C(c1sccc1S(=O)(=O)N1CCc2ccccc2C1)N1CCCC(C(F)(F)F)C1. The van der Waals surface area contributed by atoms with Crippen molar-refractivity contribution in [3.05, 3.63) is 51.7 Å². The molecular formula is C20H21F3N2O3S2. The highest BCUT2D eigenvalue weighted by Crippen LogP contribution is 2.35. The summed E-state index contributed by atoms with van der Waals surface area (Å²) >= 11 is 0.958. The normalized spacial score (nSPS) is 20.8. The first kappa shape index (κ1) is 21.3. The van der Waals surface area contributed by atoms with Crippen molar-refractivity contribution in [3.63, 3.8) is 0 Å². The minimum absolute atomic E-state index is 0.0170. The van der Waals surface area contributed by atoms with Gasteiger partial charge < -0.3 is 4.90 Å². The molecule has 0 saturated carbocycles. The number of thiophene rings is 1. The molecule has 1 aromatic carbocycles. The Hall–Kier alpha value is -1.91. The molecule has 2 aliphatic heterocycles. The lowest BCUT2D eigenvalue weighted by atomic mass is 9.97. The fourth-order valence-electron chi connectivity index (χ4n) is 4.04. The van der Waals surface area contributed by atoms with Gasteiger partial charge in [0.05, 0.1) is 5.92 Å². The Morgan fingerprint density at radius 1 is 1.10 bits per heavy atom. The van der Waals surface area contributed by atoms with Crippen LogP contribution in [0.2, 0.25) is 0 Å². The Bertz CT molecular complexity index is 1050. The van der Waals surface area contributed by atoms with Gasteiger partial charge in [-0.25, -0.2) is 8.42 Å². The number of amides is 1. The minimum Gasteiger partial charge on any atom is -0.337 e. The summed E-state index contributed by atoms with van der Waals surface area (Å²) in [7, 11) is -3.94. The van der Waals surface area contributed by atoms with Gasteiger partial charge in [0, 0.05) is 26.2 Å². The van der Waals surface area contributed by atoms with Crippen LogP contribution in [0.4, 0.5) is 13.2 Å². The molecule has 30 heavy (non-hydrogen) atoms. The second-order valence-corrected chi connectivity index (χ2v) is 10.4. The fraction of sp³-hybridized carbons (Fsp3) is 0.450. The molecule has 5 nitrogen and oxygen atoms in total. The first-order chi connectivity index (χ1) is 14.2. The van der Waals surface area contributed by atoms with E-state index in [0.717, 1.165) is 27.4 Å². The van der Waals surface area contributed by atoms with Gasteiger partial charge in [-0.2, -0.15) is 17.5 Å². The average molecular weight is 459 g/mol. The van der Waals surface area contributed by atoms with Crippen LogP contribution < -0.4 is 0 Å². The van der Waals surface area contributed by atoms with Gasteiger partial charge in [0.2, 0.25) is 10.0 Å². The monoisotopic (exact) mass is 458 g/mol. The third kappa shape index (κ3) is 4.00. The number of hydrogen-bond acceptors (Lipinski definition) is 4. The molecule has 1 fully saturated rings. The fourth-order valence-corrected chi connectivity index (χ4v) is 6.82. The molecule has 3 heterocycles. The van der Waals surface area contributed by atoms with Gasteiger partial charge >= 0.3 is 6.18 Å². The van der Waals surface area contributed by atoms with Gasteiger partial charge in [0.1, 0.15) is 9.77 Å². The van der Waals surface area contributed by atoms with E-state index in [1.54, 1.807) is 0 Å². The summed E-state index contributed by atoms with van der Waals surface area (Å²) < 4.78 is 67.2. The molecule has 0 bridgehead atoms. The molecule has 0 spiro atoms. The van der Waals surface area contributed by atoms with E-state index in [-0.39, 0.29) is 35.7 Å². The third-order valence-corrected chi connectivity index (χ3v) is 8.63. The van der Waals surface area contributed by atoms with Crippen LogP contribution in [0.15, 0.2) is 40.6 Å². The first-order valence-electron chi connectivity index (χ1n) is 9.68. The van der Waals surface area contributed by atoms with Gasteiger partial charge in [-0.3, -0.25) is 4.79 Å². The lowest BCUT2D eigenvalue weighted by Gasteiger charge is -2.34. The Morgan fingerprint density at radius 3 is 2.57 bits per heavy atom. The molecule has 0 N–H and O–H groups in total. The van der Waals surface area contributed by atoms with Crippen molar-refractivity contribution in [3.8, 4) is 0 Å².